The van der Waals surface area contributed by atoms with Gasteiger partial charge < -0.3 is 20.5 Å². The highest BCUT2D eigenvalue weighted by atomic mass is 35.5. The Kier molecular flexibility index (Phi) is 6.61. The second-order valence-corrected chi connectivity index (χ2v) is 7.69. The summed E-state index contributed by atoms with van der Waals surface area (Å²) in [7, 11) is -3.13. The summed E-state index contributed by atoms with van der Waals surface area (Å²) in [6, 6.07) is 2.53. The number of amides is 1. The van der Waals surface area contributed by atoms with Gasteiger partial charge in [0, 0.05) is 6.42 Å². The number of nitro groups is 1. The first-order valence-electron chi connectivity index (χ1n) is 7.64. The Morgan fingerprint density at radius 3 is 2.43 bits per heavy atom. The number of hydrogen-bond donors (Lipinski definition) is 2. The third-order valence-corrected chi connectivity index (χ3v) is 5.65. The van der Waals surface area contributed by atoms with Gasteiger partial charge in [-0.3, -0.25) is 4.79 Å². The average molecular weight is 488 g/mol. The Hall–Kier alpha value is -2.48. The molecular formula is C15H10Cl2F3N3O6S. The van der Waals surface area contributed by atoms with Crippen LogP contribution in [0, 0.1) is 10.1 Å². The lowest BCUT2D eigenvalue weighted by atomic mass is 9.95. The van der Waals surface area contributed by atoms with Gasteiger partial charge in [-0.2, -0.15) is 21.6 Å². The summed E-state index contributed by atoms with van der Waals surface area (Å²) in [6.45, 7) is 0.162. The van der Waals surface area contributed by atoms with Gasteiger partial charge in [-0.15, -0.1) is 0 Å². The van der Waals surface area contributed by atoms with Crippen LogP contribution in [0.3, 0.4) is 0 Å². The molecule has 15 heteroatoms. The van der Waals surface area contributed by atoms with Gasteiger partial charge in [0.05, 0.1) is 21.3 Å². The van der Waals surface area contributed by atoms with Crippen molar-refractivity contribution in [3.63, 3.8) is 0 Å². The van der Waals surface area contributed by atoms with Crippen molar-refractivity contribution in [1.29, 1.82) is 0 Å². The van der Waals surface area contributed by atoms with Crippen LogP contribution >= 0.6 is 23.2 Å². The van der Waals surface area contributed by atoms with E-state index in [1.54, 1.807) is 5.32 Å². The molecule has 0 radical (unpaired) electrons. The van der Waals surface area contributed by atoms with Crippen LogP contribution in [-0.4, -0.2) is 46.0 Å². The number of carbonyl (C=O) groups excluding carboxylic acids is 1. The second kappa shape index (κ2) is 8.34. The molecular weight excluding hydrogens is 478 g/mol. The summed E-state index contributed by atoms with van der Waals surface area (Å²) < 4.78 is 61.9. The van der Waals surface area contributed by atoms with Gasteiger partial charge in [0.1, 0.15) is 11.1 Å². The Bertz CT molecular complexity index is 1130. The summed E-state index contributed by atoms with van der Waals surface area (Å²) in [5.74, 6) is -2.68. The minimum atomic E-state index is -5.38. The molecule has 1 aliphatic rings. The van der Waals surface area contributed by atoms with Crippen LogP contribution < -0.4 is 5.32 Å². The Morgan fingerprint density at radius 1 is 1.33 bits per heavy atom. The summed E-state index contributed by atoms with van der Waals surface area (Å²) in [5, 5.41) is 21.1. The monoisotopic (exact) mass is 487 g/mol. The number of nitrogens with zero attached hydrogens (tertiary/aromatic N) is 2. The lowest BCUT2D eigenvalue weighted by Crippen LogP contribution is -2.55. The maximum Gasteiger partial charge on any atom is 0.426 e. The number of halogens is 5. The topological polar surface area (TPSA) is 140 Å². The zero-order chi connectivity index (χ0) is 23.0. The van der Waals surface area contributed by atoms with Crippen LogP contribution in [0.4, 0.5) is 19.0 Å². The van der Waals surface area contributed by atoms with E-state index in [4.69, 9.17) is 23.2 Å². The number of hydrogen-bond acceptors (Lipinski definition) is 7. The van der Waals surface area contributed by atoms with Crippen molar-refractivity contribution in [2.45, 2.75) is 25.1 Å². The fourth-order valence-corrected chi connectivity index (χ4v) is 3.49. The van der Waals surface area contributed by atoms with E-state index in [1.807, 2.05) is 0 Å². The summed E-state index contributed by atoms with van der Waals surface area (Å²) in [4.78, 5) is 25.2. The first-order valence-corrected chi connectivity index (χ1v) is 9.47. The largest absolute Gasteiger partial charge is 0.426 e. The molecule has 0 aliphatic heterocycles. The zero-order valence-corrected chi connectivity index (χ0v) is 16.9. The van der Waals surface area contributed by atoms with Crippen molar-refractivity contribution in [3.8, 4) is 0 Å². The smallest absolute Gasteiger partial charge is 0.373 e. The molecule has 0 fully saturated rings. The van der Waals surface area contributed by atoms with Gasteiger partial charge in [0.25, 0.3) is 5.91 Å². The maximum absolute atomic E-state index is 12.9. The zero-order valence-electron chi connectivity index (χ0n) is 14.6. The second-order valence-electron chi connectivity index (χ2n) is 5.97. The summed E-state index contributed by atoms with van der Waals surface area (Å²) in [6.07, 6.45) is -4.92. The molecule has 0 spiro atoms. The standard InChI is InChI=1S/C15H10Cl2F3N3O6S/c1-14(25,15(18,19)20)13(24)22-11-8(30(28)29)5-7(9(16)10(11)17)6-3-2-4-21-12(6)23(26)27/h2-4,25H,5H2,1H3,(H,22,24)/t14-/m1/s1. The van der Waals surface area contributed by atoms with Gasteiger partial charge in [-0.1, -0.05) is 23.2 Å². The van der Waals surface area contributed by atoms with Crippen LogP contribution in [0.5, 0.6) is 0 Å². The van der Waals surface area contributed by atoms with Crippen molar-refractivity contribution in [3.05, 3.63) is 49.8 Å². The van der Waals surface area contributed by atoms with Gasteiger partial charge in [0.2, 0.25) is 15.9 Å². The number of aromatic nitrogens is 1. The number of pyridine rings is 1. The molecule has 2 rings (SSSR count). The van der Waals surface area contributed by atoms with Crippen LogP contribution in [-0.2, 0) is 15.1 Å². The van der Waals surface area contributed by atoms with Crippen molar-refractivity contribution in [2.24, 2.45) is 0 Å². The van der Waals surface area contributed by atoms with E-state index in [9.17, 15) is 41.6 Å². The van der Waals surface area contributed by atoms with Gasteiger partial charge in [0.15, 0.2) is 0 Å². The highest BCUT2D eigenvalue weighted by Crippen LogP contribution is 2.40. The lowest BCUT2D eigenvalue weighted by molar-refractivity contribution is -0.389. The van der Waals surface area contributed by atoms with E-state index in [0.717, 1.165) is 6.20 Å². The number of carbonyl (C=O) groups is 1. The molecule has 0 saturated carbocycles. The van der Waals surface area contributed by atoms with Crippen molar-refractivity contribution < 1.29 is 36.4 Å². The molecule has 1 aliphatic carbocycles. The highest BCUT2D eigenvalue weighted by molar-refractivity contribution is 7.73. The van der Waals surface area contributed by atoms with Crippen molar-refractivity contribution in [1.82, 2.24) is 10.3 Å². The number of aliphatic hydroxyl groups is 1. The fourth-order valence-electron chi connectivity index (χ4n) is 2.31. The molecule has 1 atom stereocenters. The first kappa shape index (κ1) is 23.8. The molecule has 162 valence electrons. The molecule has 9 nitrogen and oxygen atoms in total. The molecule has 1 aromatic heterocycles. The Labute approximate surface area is 177 Å². The molecule has 1 heterocycles. The normalized spacial score (nSPS) is 17.0. The van der Waals surface area contributed by atoms with E-state index in [0.29, 0.717) is 0 Å². The minimum absolute atomic E-state index is 0.152. The molecule has 2 N–H and O–H groups in total. The lowest BCUT2D eigenvalue weighted by Gasteiger charge is -2.27. The minimum Gasteiger partial charge on any atom is -0.373 e. The highest BCUT2D eigenvalue weighted by Gasteiger charge is 2.56. The first-order chi connectivity index (χ1) is 13.7. The van der Waals surface area contributed by atoms with Crippen LogP contribution in [0.25, 0.3) is 5.57 Å². The van der Waals surface area contributed by atoms with E-state index in [2.05, 4.69) is 4.98 Å². The van der Waals surface area contributed by atoms with Crippen LogP contribution in [0.1, 0.15) is 18.9 Å². The third-order valence-electron chi connectivity index (χ3n) is 4.01. The maximum atomic E-state index is 12.9. The van der Waals surface area contributed by atoms with Crippen LogP contribution in [0.2, 0.25) is 0 Å². The number of nitrogens with one attached hydrogen (secondary N) is 1. The van der Waals surface area contributed by atoms with Crippen molar-refractivity contribution in [2.75, 3.05) is 0 Å². The average Bonchev–Trinajstić information content (AvgIpc) is 2.64. The van der Waals surface area contributed by atoms with E-state index < -0.39 is 65.8 Å². The molecule has 1 amide bonds. The third kappa shape index (κ3) is 4.33. The van der Waals surface area contributed by atoms with Gasteiger partial charge in [-0.25, -0.2) is 0 Å². The molecule has 30 heavy (non-hydrogen) atoms. The summed E-state index contributed by atoms with van der Waals surface area (Å²) in [5.41, 5.74) is -4.99. The van der Waals surface area contributed by atoms with E-state index in [1.165, 1.54) is 12.1 Å². The molecule has 0 aromatic carbocycles. The Morgan fingerprint density at radius 2 is 1.93 bits per heavy atom. The molecule has 0 saturated heterocycles. The predicted octanol–water partition coefficient (Wildman–Crippen LogP) is 2.27. The van der Waals surface area contributed by atoms with Crippen molar-refractivity contribution >= 4 is 55.7 Å². The predicted molar refractivity (Wildman–Crippen MR) is 99.9 cm³/mol. The van der Waals surface area contributed by atoms with Crippen LogP contribution in [0.15, 0.2) is 34.1 Å². The molecule has 1 aromatic rings. The quantitative estimate of drug-likeness (QED) is 0.377. The molecule has 0 unspecified atom stereocenters. The van der Waals surface area contributed by atoms with Gasteiger partial charge in [-0.05, 0) is 34.5 Å². The number of alkyl halides is 3. The summed E-state index contributed by atoms with van der Waals surface area (Å²) >= 11 is 12.1. The number of rotatable bonds is 4. The molecule has 0 bridgehead atoms. The van der Waals surface area contributed by atoms with E-state index >= 15 is 0 Å². The number of allylic oxidation sites excluding steroid dienone is 4. The van der Waals surface area contributed by atoms with Gasteiger partial charge >= 0.3 is 12.0 Å². The fraction of sp³-hybridized carbons (Fsp3) is 0.267. The van der Waals surface area contributed by atoms with E-state index in [-0.39, 0.29) is 18.1 Å². The SMILES string of the molecule is C[C@@](O)(C(=O)NC1=C(Cl)C(Cl)=C(c2cccnc2[N+](=O)[O-])CC1=S(=O)=O)C(F)(F)F. The Balaban J connectivity index is 2.67.